The van der Waals surface area contributed by atoms with Crippen molar-refractivity contribution in [2.45, 2.75) is 6.54 Å². The normalized spacial score (nSPS) is 11.1. The molecule has 0 spiro atoms. The molecule has 112 valence electrons. The molecule has 0 unspecified atom stereocenters. The fraction of sp³-hybridized carbons (Fsp3) is 0.286. The number of ketones is 1. The molecule has 2 rings (SSSR count). The first-order chi connectivity index (χ1) is 9.90. The number of hydrogen-bond donors (Lipinski definition) is 1. The lowest BCUT2D eigenvalue weighted by atomic mass is 10.1. The molecule has 0 aliphatic heterocycles. The number of likely N-dealkylation sites (N-methyl/N-ethyl adjacent to an activating group) is 1. The monoisotopic (exact) mass is 310 g/mol. The van der Waals surface area contributed by atoms with E-state index in [4.69, 9.17) is 17.3 Å². The number of nitrogens with zero attached hydrogens (tertiary/aromatic N) is 3. The van der Waals surface area contributed by atoms with E-state index in [2.05, 4.69) is 5.10 Å². The van der Waals surface area contributed by atoms with Gasteiger partial charge in [0.2, 0.25) is 5.78 Å². The summed E-state index contributed by atoms with van der Waals surface area (Å²) in [4.78, 5) is 14.5. The highest BCUT2D eigenvalue weighted by Gasteiger charge is 2.20. The van der Waals surface area contributed by atoms with Crippen molar-refractivity contribution < 1.29 is 9.18 Å². The van der Waals surface area contributed by atoms with Crippen LogP contribution >= 0.6 is 11.6 Å². The van der Waals surface area contributed by atoms with Crippen molar-refractivity contribution in [1.29, 1.82) is 0 Å². The lowest BCUT2D eigenvalue weighted by Crippen LogP contribution is -2.21. The first-order valence-corrected chi connectivity index (χ1v) is 6.73. The highest BCUT2D eigenvalue weighted by atomic mass is 35.5. The molecule has 5 nitrogen and oxygen atoms in total. The number of nitrogens with two attached hydrogens (primary N) is 1. The van der Waals surface area contributed by atoms with Crippen LogP contribution in [-0.2, 0) is 6.54 Å². The van der Waals surface area contributed by atoms with Gasteiger partial charge in [0.1, 0.15) is 11.5 Å². The minimum Gasteiger partial charge on any atom is -0.396 e. The lowest BCUT2D eigenvalue weighted by Gasteiger charge is -2.12. The summed E-state index contributed by atoms with van der Waals surface area (Å²) >= 11 is 6.04. The first-order valence-electron chi connectivity index (χ1n) is 6.36. The van der Waals surface area contributed by atoms with E-state index in [-0.39, 0.29) is 27.8 Å². The molecule has 1 aromatic carbocycles. The zero-order chi connectivity index (χ0) is 15.6. The Kier molecular flexibility index (Phi) is 4.59. The fourth-order valence-corrected chi connectivity index (χ4v) is 2.08. The minimum absolute atomic E-state index is 0.00115. The van der Waals surface area contributed by atoms with Crippen molar-refractivity contribution in [1.82, 2.24) is 14.7 Å². The minimum atomic E-state index is -0.628. The van der Waals surface area contributed by atoms with Gasteiger partial charge >= 0.3 is 0 Å². The van der Waals surface area contributed by atoms with Crippen molar-refractivity contribution in [2.75, 3.05) is 26.4 Å². The van der Waals surface area contributed by atoms with Crippen LogP contribution in [0, 0.1) is 5.82 Å². The standard InChI is InChI=1S/C14H16ClFN4O/c1-19(2)5-6-20-13(10(15)8-18-20)14(21)9-3-4-12(17)11(16)7-9/h3-4,7-8H,5-6,17H2,1-2H3. The summed E-state index contributed by atoms with van der Waals surface area (Å²) in [7, 11) is 3.84. The molecule has 0 bridgehead atoms. The summed E-state index contributed by atoms with van der Waals surface area (Å²) < 4.78 is 15.0. The summed E-state index contributed by atoms with van der Waals surface area (Å²) in [6, 6.07) is 3.94. The average molecular weight is 311 g/mol. The van der Waals surface area contributed by atoms with E-state index in [1.54, 1.807) is 0 Å². The van der Waals surface area contributed by atoms with E-state index < -0.39 is 5.82 Å². The van der Waals surface area contributed by atoms with Crippen molar-refractivity contribution in [3.63, 3.8) is 0 Å². The Hall–Kier alpha value is -1.92. The Morgan fingerprint density at radius 1 is 1.48 bits per heavy atom. The molecule has 2 N–H and O–H groups in total. The Bertz CT molecular complexity index is 669. The average Bonchev–Trinajstić information content (AvgIpc) is 2.80. The van der Waals surface area contributed by atoms with Gasteiger partial charge in [-0.1, -0.05) is 11.6 Å². The number of halogens is 2. The maximum Gasteiger partial charge on any atom is 0.212 e. The molecule has 0 amide bonds. The second-order valence-electron chi connectivity index (χ2n) is 4.93. The van der Waals surface area contributed by atoms with Gasteiger partial charge in [0, 0.05) is 12.1 Å². The van der Waals surface area contributed by atoms with Gasteiger partial charge in [0.05, 0.1) is 23.5 Å². The molecule has 0 aliphatic rings. The summed E-state index contributed by atoms with van der Waals surface area (Å²) in [6.07, 6.45) is 1.41. The van der Waals surface area contributed by atoms with E-state index in [1.807, 2.05) is 19.0 Å². The van der Waals surface area contributed by atoms with Crippen LogP contribution < -0.4 is 5.73 Å². The third-order valence-electron chi connectivity index (χ3n) is 3.03. The molecule has 0 fully saturated rings. The Balaban J connectivity index is 2.34. The zero-order valence-corrected chi connectivity index (χ0v) is 12.6. The molecule has 1 heterocycles. The van der Waals surface area contributed by atoms with Crippen molar-refractivity contribution in [2.24, 2.45) is 0 Å². The van der Waals surface area contributed by atoms with Gasteiger partial charge in [0.15, 0.2) is 0 Å². The molecular weight excluding hydrogens is 295 g/mol. The summed E-state index contributed by atoms with van der Waals surface area (Å²) in [5, 5.41) is 4.34. The number of rotatable bonds is 5. The van der Waals surface area contributed by atoms with E-state index in [0.717, 1.165) is 6.07 Å². The number of hydrogen-bond acceptors (Lipinski definition) is 4. The van der Waals surface area contributed by atoms with Crippen molar-refractivity contribution in [3.8, 4) is 0 Å². The second kappa shape index (κ2) is 6.24. The first kappa shape index (κ1) is 15.5. The van der Waals surface area contributed by atoms with E-state index in [9.17, 15) is 9.18 Å². The predicted octanol–water partition coefficient (Wildman–Crippen LogP) is 2.05. The second-order valence-corrected chi connectivity index (χ2v) is 5.34. The largest absolute Gasteiger partial charge is 0.396 e. The third-order valence-corrected chi connectivity index (χ3v) is 3.31. The molecule has 7 heteroatoms. The quantitative estimate of drug-likeness (QED) is 0.678. The topological polar surface area (TPSA) is 64.2 Å². The lowest BCUT2D eigenvalue weighted by molar-refractivity contribution is 0.102. The summed E-state index contributed by atoms with van der Waals surface area (Å²) in [5.41, 5.74) is 5.85. The van der Waals surface area contributed by atoms with Crippen LogP contribution in [0.4, 0.5) is 10.1 Å². The van der Waals surface area contributed by atoms with Crippen LogP contribution in [-0.4, -0.2) is 41.1 Å². The molecule has 0 aliphatic carbocycles. The maximum atomic E-state index is 13.5. The fourth-order valence-electron chi connectivity index (χ4n) is 1.86. The number of carbonyl (C=O) groups is 1. The smallest absolute Gasteiger partial charge is 0.212 e. The number of benzene rings is 1. The van der Waals surface area contributed by atoms with Gasteiger partial charge < -0.3 is 10.6 Å². The third kappa shape index (κ3) is 3.40. The van der Waals surface area contributed by atoms with E-state index >= 15 is 0 Å². The molecule has 0 atom stereocenters. The van der Waals surface area contributed by atoms with Gasteiger partial charge in [-0.2, -0.15) is 5.10 Å². The molecule has 0 radical (unpaired) electrons. The Labute approximate surface area is 127 Å². The zero-order valence-electron chi connectivity index (χ0n) is 11.8. The highest BCUT2D eigenvalue weighted by Crippen LogP contribution is 2.21. The van der Waals surface area contributed by atoms with Crippen LogP contribution in [0.5, 0.6) is 0 Å². The summed E-state index contributed by atoms with van der Waals surface area (Å²) in [5.74, 6) is -1.01. The highest BCUT2D eigenvalue weighted by molar-refractivity contribution is 6.34. The van der Waals surface area contributed by atoms with E-state index in [1.165, 1.54) is 23.0 Å². The maximum absolute atomic E-state index is 13.5. The number of aromatic nitrogens is 2. The number of nitrogen functional groups attached to an aromatic ring is 1. The van der Waals surface area contributed by atoms with Crippen molar-refractivity contribution >= 4 is 23.1 Å². The van der Waals surface area contributed by atoms with Gasteiger partial charge in [0.25, 0.3) is 0 Å². The number of carbonyl (C=O) groups excluding carboxylic acids is 1. The van der Waals surface area contributed by atoms with Crippen LogP contribution in [0.3, 0.4) is 0 Å². The number of anilines is 1. The van der Waals surface area contributed by atoms with Crippen LogP contribution in [0.15, 0.2) is 24.4 Å². The van der Waals surface area contributed by atoms with Gasteiger partial charge in [-0.15, -0.1) is 0 Å². The van der Waals surface area contributed by atoms with Crippen molar-refractivity contribution in [3.05, 3.63) is 46.5 Å². The van der Waals surface area contributed by atoms with Gasteiger partial charge in [-0.05, 0) is 32.3 Å². The van der Waals surface area contributed by atoms with E-state index in [0.29, 0.717) is 13.1 Å². The molecule has 1 aromatic heterocycles. The van der Waals surface area contributed by atoms with Crippen LogP contribution in [0.25, 0.3) is 0 Å². The Morgan fingerprint density at radius 3 is 2.81 bits per heavy atom. The molecule has 21 heavy (non-hydrogen) atoms. The Morgan fingerprint density at radius 2 is 2.19 bits per heavy atom. The predicted molar refractivity (Wildman–Crippen MR) is 80.0 cm³/mol. The van der Waals surface area contributed by atoms with Gasteiger partial charge in [-0.25, -0.2) is 4.39 Å². The molecule has 0 saturated heterocycles. The summed E-state index contributed by atoms with van der Waals surface area (Å²) in [6.45, 7) is 1.21. The SMILES string of the molecule is CN(C)CCn1ncc(Cl)c1C(=O)c1ccc(N)c(F)c1. The molecule has 0 saturated carbocycles. The van der Waals surface area contributed by atoms with Crippen LogP contribution in [0.1, 0.15) is 16.1 Å². The van der Waals surface area contributed by atoms with Gasteiger partial charge in [-0.3, -0.25) is 9.48 Å². The van der Waals surface area contributed by atoms with Crippen LogP contribution in [0.2, 0.25) is 5.02 Å². The molecule has 2 aromatic rings. The molecular formula is C14H16ClFN4O.